The van der Waals surface area contributed by atoms with Gasteiger partial charge in [-0.25, -0.2) is 4.98 Å². The third-order valence-electron chi connectivity index (χ3n) is 0.545. The van der Waals surface area contributed by atoms with Gasteiger partial charge in [0.2, 0.25) is 0 Å². The number of aryl methyl sites for hydroxylation is 1. The molecule has 0 radical (unpaired) electrons. The van der Waals surface area contributed by atoms with Gasteiger partial charge in [0.1, 0.15) is 5.82 Å². The highest BCUT2D eigenvalue weighted by atomic mass is 32.2. The van der Waals surface area contributed by atoms with E-state index in [1.165, 1.54) is 11.5 Å². The molecule has 0 aliphatic heterocycles. The Balaban J connectivity index is 3.30. The largest absolute Gasteiger partial charge is 0.297 e. The zero-order valence-electron chi connectivity index (χ0n) is 3.76. The summed E-state index contributed by atoms with van der Waals surface area (Å²) in [5.41, 5.74) is 0. The molecule has 1 aromatic heterocycles. The van der Waals surface area contributed by atoms with Gasteiger partial charge in [-0.3, -0.25) is 4.37 Å². The number of aromatic amines is 1. The Kier molecular flexibility index (Phi) is 1.21. The molecular formula is C3H4N2S2. The molecule has 1 aromatic rings. The van der Waals surface area contributed by atoms with Crippen LogP contribution in [0.5, 0.6) is 0 Å². The lowest BCUT2D eigenvalue weighted by atomic mass is 10.8. The second-order valence-corrected chi connectivity index (χ2v) is 2.61. The molecule has 0 amide bonds. The molecule has 1 heterocycles. The Labute approximate surface area is 50.4 Å². The number of aromatic nitrogens is 2. The van der Waals surface area contributed by atoms with Crippen LogP contribution < -0.4 is 0 Å². The van der Waals surface area contributed by atoms with Gasteiger partial charge in [0.05, 0.1) is 0 Å². The highest BCUT2D eigenvalue weighted by Gasteiger charge is 1.81. The molecule has 2 nitrogen and oxygen atoms in total. The van der Waals surface area contributed by atoms with Crippen molar-refractivity contribution in [3.63, 3.8) is 0 Å². The van der Waals surface area contributed by atoms with Gasteiger partial charge in [0.15, 0.2) is 3.95 Å². The van der Waals surface area contributed by atoms with Crippen molar-refractivity contribution in [2.75, 3.05) is 0 Å². The summed E-state index contributed by atoms with van der Waals surface area (Å²) in [6, 6.07) is 0. The summed E-state index contributed by atoms with van der Waals surface area (Å²) >= 11 is 6.09. The van der Waals surface area contributed by atoms with E-state index in [9.17, 15) is 0 Å². The van der Waals surface area contributed by atoms with Crippen molar-refractivity contribution < 1.29 is 0 Å². The first-order valence-corrected chi connectivity index (χ1v) is 3.03. The smallest absolute Gasteiger partial charge is 0.198 e. The maximum absolute atomic E-state index is 4.71. The minimum atomic E-state index is 0.678. The predicted molar refractivity (Wildman–Crippen MR) is 32.0 cm³/mol. The van der Waals surface area contributed by atoms with Gasteiger partial charge in [0, 0.05) is 0 Å². The lowest BCUT2D eigenvalue weighted by Crippen LogP contribution is -1.67. The van der Waals surface area contributed by atoms with Gasteiger partial charge < -0.3 is 0 Å². The summed E-state index contributed by atoms with van der Waals surface area (Å²) in [5.74, 6) is 0.898. The van der Waals surface area contributed by atoms with E-state index in [4.69, 9.17) is 12.2 Å². The number of nitrogens with one attached hydrogen (secondary N) is 1. The van der Waals surface area contributed by atoms with E-state index in [2.05, 4.69) is 9.36 Å². The third-order valence-corrected chi connectivity index (χ3v) is 1.55. The first kappa shape index (κ1) is 4.93. The summed E-state index contributed by atoms with van der Waals surface area (Å²) in [4.78, 5) is 3.89. The number of H-pyrrole nitrogens is 1. The van der Waals surface area contributed by atoms with Gasteiger partial charge in [-0.15, -0.1) is 0 Å². The van der Waals surface area contributed by atoms with Crippen molar-refractivity contribution in [3.8, 4) is 0 Å². The van der Waals surface area contributed by atoms with Crippen LogP contribution in [0.25, 0.3) is 0 Å². The van der Waals surface area contributed by atoms with Crippen molar-refractivity contribution in [1.29, 1.82) is 0 Å². The molecule has 0 fully saturated rings. The molecular weight excluding hydrogens is 128 g/mol. The molecule has 0 bridgehead atoms. The van der Waals surface area contributed by atoms with Gasteiger partial charge in [-0.05, 0) is 30.7 Å². The fourth-order valence-electron chi connectivity index (χ4n) is 0.300. The summed E-state index contributed by atoms with van der Waals surface area (Å²) < 4.78 is 3.57. The summed E-state index contributed by atoms with van der Waals surface area (Å²) in [5, 5.41) is 0. The van der Waals surface area contributed by atoms with E-state index in [0.717, 1.165) is 5.82 Å². The van der Waals surface area contributed by atoms with Crippen LogP contribution in [-0.4, -0.2) is 9.36 Å². The monoisotopic (exact) mass is 132 g/mol. The van der Waals surface area contributed by atoms with E-state index in [1.54, 1.807) is 0 Å². The van der Waals surface area contributed by atoms with E-state index in [-0.39, 0.29) is 0 Å². The minimum absolute atomic E-state index is 0.678. The maximum atomic E-state index is 4.71. The topological polar surface area (TPSA) is 28.7 Å². The zero-order chi connectivity index (χ0) is 5.28. The van der Waals surface area contributed by atoms with Crippen molar-refractivity contribution in [3.05, 3.63) is 9.78 Å². The summed E-state index contributed by atoms with van der Waals surface area (Å²) in [6.45, 7) is 1.88. The molecule has 0 saturated carbocycles. The van der Waals surface area contributed by atoms with Crippen LogP contribution in [0.3, 0.4) is 0 Å². The molecule has 0 aromatic carbocycles. The van der Waals surface area contributed by atoms with Crippen LogP contribution in [-0.2, 0) is 0 Å². The van der Waals surface area contributed by atoms with Crippen LogP contribution in [0.2, 0.25) is 0 Å². The molecule has 0 unspecified atom stereocenters. The Bertz CT molecular complexity index is 199. The average molecular weight is 132 g/mol. The van der Waals surface area contributed by atoms with Gasteiger partial charge in [-0.1, -0.05) is 0 Å². The maximum Gasteiger partial charge on any atom is 0.198 e. The normalized spacial score (nSPS) is 9.29. The van der Waals surface area contributed by atoms with Gasteiger partial charge in [0.25, 0.3) is 0 Å². The van der Waals surface area contributed by atoms with E-state index < -0.39 is 0 Å². The highest BCUT2D eigenvalue weighted by molar-refractivity contribution is 7.73. The molecule has 0 spiro atoms. The van der Waals surface area contributed by atoms with Crippen molar-refractivity contribution in [2.24, 2.45) is 0 Å². The molecule has 4 heteroatoms. The first-order chi connectivity index (χ1) is 3.29. The van der Waals surface area contributed by atoms with Crippen molar-refractivity contribution >= 4 is 23.8 Å². The van der Waals surface area contributed by atoms with Gasteiger partial charge >= 0.3 is 0 Å². The van der Waals surface area contributed by atoms with Crippen molar-refractivity contribution in [1.82, 2.24) is 9.36 Å². The standard InChI is InChI=1S/C3H4N2S2/c1-2-4-3(6)7-5-2/h1H3,(H,4,5,6). The van der Waals surface area contributed by atoms with Crippen LogP contribution >= 0.6 is 23.8 Å². The van der Waals surface area contributed by atoms with E-state index in [0.29, 0.717) is 3.95 Å². The molecule has 0 atom stereocenters. The molecule has 0 aliphatic carbocycles. The molecule has 1 N–H and O–H groups in total. The highest BCUT2D eigenvalue weighted by Crippen LogP contribution is 1.93. The second-order valence-electron chi connectivity index (χ2n) is 1.17. The molecule has 0 aliphatic rings. The van der Waals surface area contributed by atoms with Crippen LogP contribution in [0, 0.1) is 10.9 Å². The fourth-order valence-corrected chi connectivity index (χ4v) is 1.03. The SMILES string of the molecule is Cc1nc(=S)s[nH]1. The number of hydrogen-bond donors (Lipinski definition) is 1. The molecule has 38 valence electrons. The molecule has 7 heavy (non-hydrogen) atoms. The number of hydrogen-bond acceptors (Lipinski definition) is 3. The number of rotatable bonds is 0. The first-order valence-electron chi connectivity index (χ1n) is 1.81. The number of nitrogens with zero attached hydrogens (tertiary/aromatic N) is 1. The summed E-state index contributed by atoms with van der Waals surface area (Å²) in [6.07, 6.45) is 0. The minimum Gasteiger partial charge on any atom is -0.297 e. The molecule has 1 rings (SSSR count). The zero-order valence-corrected chi connectivity index (χ0v) is 5.40. The fraction of sp³-hybridized carbons (Fsp3) is 0.333. The Morgan fingerprint density at radius 2 is 2.57 bits per heavy atom. The quantitative estimate of drug-likeness (QED) is 0.542. The lowest BCUT2D eigenvalue weighted by molar-refractivity contribution is 1.16. The van der Waals surface area contributed by atoms with Gasteiger partial charge in [-0.2, -0.15) is 0 Å². The Hall–Kier alpha value is -0.220. The average Bonchev–Trinajstić information content (AvgIpc) is 1.87. The van der Waals surface area contributed by atoms with Crippen LogP contribution in [0.1, 0.15) is 5.82 Å². The second kappa shape index (κ2) is 1.71. The molecule has 0 saturated heterocycles. The Morgan fingerprint density at radius 3 is 2.71 bits per heavy atom. The predicted octanol–water partition coefficient (Wildman–Crippen LogP) is 1.51. The van der Waals surface area contributed by atoms with Crippen LogP contribution in [0.15, 0.2) is 0 Å². The summed E-state index contributed by atoms with van der Waals surface area (Å²) in [7, 11) is 0. The Morgan fingerprint density at radius 1 is 1.86 bits per heavy atom. The van der Waals surface area contributed by atoms with E-state index in [1.807, 2.05) is 6.92 Å². The van der Waals surface area contributed by atoms with Crippen LogP contribution in [0.4, 0.5) is 0 Å². The lowest BCUT2D eigenvalue weighted by Gasteiger charge is -1.66. The third kappa shape index (κ3) is 1.07. The van der Waals surface area contributed by atoms with E-state index >= 15 is 0 Å². The van der Waals surface area contributed by atoms with Crippen molar-refractivity contribution in [2.45, 2.75) is 6.92 Å².